The number of fused-ring (bicyclic) bond motifs is 1. The third kappa shape index (κ3) is 1.45. The van der Waals surface area contributed by atoms with Crippen LogP contribution in [0.4, 0.5) is 5.69 Å². The fraction of sp³-hybridized carbons (Fsp3) is 0.250. The highest BCUT2D eigenvalue weighted by Gasteiger charge is 2.58. The van der Waals surface area contributed by atoms with Crippen molar-refractivity contribution in [1.29, 1.82) is 0 Å². The van der Waals surface area contributed by atoms with Crippen LogP contribution in [0.25, 0.3) is 0 Å². The first-order valence-corrected chi connectivity index (χ1v) is 6.49. The number of hydrogen-bond donors (Lipinski definition) is 2. The molecule has 2 aliphatic heterocycles. The molecule has 2 atom stereocenters. The summed E-state index contributed by atoms with van der Waals surface area (Å²) >= 11 is 0.920. The molecule has 0 aromatic heterocycles. The zero-order chi connectivity index (χ0) is 13.8. The third-order valence-corrected chi connectivity index (χ3v) is 4.48. The Labute approximate surface area is 113 Å². The van der Waals surface area contributed by atoms with Crippen molar-refractivity contribution in [3.8, 4) is 0 Å². The van der Waals surface area contributed by atoms with Gasteiger partial charge in [0, 0.05) is 12.6 Å². The maximum absolute atomic E-state index is 12.3. The Morgan fingerprint density at radius 2 is 2.11 bits per heavy atom. The second-order valence-corrected chi connectivity index (χ2v) is 5.56. The molecule has 0 saturated heterocycles. The van der Waals surface area contributed by atoms with Gasteiger partial charge in [-0.15, -0.1) is 0 Å². The number of amides is 2. The van der Waals surface area contributed by atoms with Gasteiger partial charge in [0.25, 0.3) is 11.8 Å². The normalized spacial score (nSPS) is 29.7. The minimum Gasteiger partial charge on any atom is -0.378 e. The van der Waals surface area contributed by atoms with Crippen LogP contribution in [0.1, 0.15) is 5.56 Å². The first-order chi connectivity index (χ1) is 8.96. The molecule has 0 fully saturated rings. The van der Waals surface area contributed by atoms with E-state index in [2.05, 4.69) is 4.99 Å². The number of carbonyl (C=O) groups is 2. The average molecular weight is 277 g/mol. The summed E-state index contributed by atoms with van der Waals surface area (Å²) in [4.78, 5) is 29.1. The number of thioether (sulfide) groups is 1. The lowest BCUT2D eigenvalue weighted by atomic mass is 9.91. The summed E-state index contributed by atoms with van der Waals surface area (Å²) in [5.41, 5.74) is 4.60. The molecule has 0 radical (unpaired) electrons. The number of amidine groups is 1. The molecule has 98 valence electrons. The van der Waals surface area contributed by atoms with Gasteiger partial charge in [0.05, 0.1) is 5.69 Å². The van der Waals surface area contributed by atoms with E-state index >= 15 is 0 Å². The van der Waals surface area contributed by atoms with Crippen LogP contribution >= 0.6 is 11.8 Å². The first kappa shape index (κ1) is 12.2. The summed E-state index contributed by atoms with van der Waals surface area (Å²) in [6.45, 7) is 0. The van der Waals surface area contributed by atoms with Gasteiger partial charge in [0.15, 0.2) is 10.8 Å². The van der Waals surface area contributed by atoms with Crippen LogP contribution < -0.4 is 10.6 Å². The molecule has 2 heterocycles. The quantitative estimate of drug-likeness (QED) is 0.741. The van der Waals surface area contributed by atoms with E-state index in [0.29, 0.717) is 11.3 Å². The number of hydrogen-bond acceptors (Lipinski definition) is 5. The lowest BCUT2D eigenvalue weighted by Gasteiger charge is -2.25. The van der Waals surface area contributed by atoms with E-state index in [9.17, 15) is 14.7 Å². The van der Waals surface area contributed by atoms with Crippen molar-refractivity contribution < 1.29 is 14.7 Å². The molecule has 7 heteroatoms. The van der Waals surface area contributed by atoms with E-state index < -0.39 is 22.7 Å². The first-order valence-electron chi connectivity index (χ1n) is 5.61. The maximum Gasteiger partial charge on any atom is 0.265 e. The zero-order valence-electron chi connectivity index (χ0n) is 10.0. The van der Waals surface area contributed by atoms with E-state index in [1.165, 1.54) is 4.90 Å². The summed E-state index contributed by atoms with van der Waals surface area (Å²) in [5.74, 6) is -1.12. The van der Waals surface area contributed by atoms with Gasteiger partial charge in [-0.05, 0) is 6.07 Å². The van der Waals surface area contributed by atoms with Crippen LogP contribution in [0.3, 0.4) is 0 Å². The third-order valence-electron chi connectivity index (χ3n) is 3.37. The standard InChI is InChI=1S/C12H11N3O3S/c1-15-7-5-3-2-4-6(7)12(18,10(15)17)8-9(16)14-11(13)19-8/h2-5,8,18H,1H3,(H2,13,14,16). The summed E-state index contributed by atoms with van der Waals surface area (Å²) in [6.07, 6.45) is 0. The number of aliphatic imine (C=N–C) groups is 1. The minimum absolute atomic E-state index is 0.0725. The predicted octanol–water partition coefficient (Wildman–Crippen LogP) is -0.193. The van der Waals surface area contributed by atoms with E-state index in [4.69, 9.17) is 5.73 Å². The van der Waals surface area contributed by atoms with Crippen molar-refractivity contribution in [2.24, 2.45) is 10.7 Å². The monoisotopic (exact) mass is 277 g/mol. The highest BCUT2D eigenvalue weighted by atomic mass is 32.2. The predicted molar refractivity (Wildman–Crippen MR) is 71.8 cm³/mol. The number of likely N-dealkylation sites (N-methyl/N-ethyl adjacent to an activating group) is 1. The number of nitrogens with zero attached hydrogens (tertiary/aromatic N) is 2. The van der Waals surface area contributed by atoms with Crippen molar-refractivity contribution in [2.75, 3.05) is 11.9 Å². The van der Waals surface area contributed by atoms with Gasteiger partial charge >= 0.3 is 0 Å². The van der Waals surface area contributed by atoms with Gasteiger partial charge in [-0.3, -0.25) is 9.59 Å². The molecule has 0 bridgehead atoms. The van der Waals surface area contributed by atoms with Crippen LogP contribution in [-0.4, -0.2) is 34.4 Å². The van der Waals surface area contributed by atoms with Crippen molar-refractivity contribution in [1.82, 2.24) is 0 Å². The Morgan fingerprint density at radius 3 is 2.74 bits per heavy atom. The molecule has 3 N–H and O–H groups in total. The van der Waals surface area contributed by atoms with E-state index in [1.807, 2.05) is 0 Å². The number of carbonyl (C=O) groups excluding carboxylic acids is 2. The molecule has 0 saturated carbocycles. The Morgan fingerprint density at radius 1 is 1.42 bits per heavy atom. The lowest BCUT2D eigenvalue weighted by Crippen LogP contribution is -2.48. The topological polar surface area (TPSA) is 96.0 Å². The maximum atomic E-state index is 12.3. The molecular weight excluding hydrogens is 266 g/mol. The molecule has 1 aromatic carbocycles. The second kappa shape index (κ2) is 3.82. The van der Waals surface area contributed by atoms with Gasteiger partial charge in [-0.25, -0.2) is 0 Å². The van der Waals surface area contributed by atoms with Crippen molar-refractivity contribution in [3.05, 3.63) is 29.8 Å². The molecule has 19 heavy (non-hydrogen) atoms. The van der Waals surface area contributed by atoms with Gasteiger partial charge in [-0.1, -0.05) is 30.0 Å². The average Bonchev–Trinajstić information content (AvgIpc) is 2.83. The van der Waals surface area contributed by atoms with Crippen molar-refractivity contribution in [3.63, 3.8) is 0 Å². The highest BCUT2D eigenvalue weighted by molar-refractivity contribution is 8.15. The molecule has 6 nitrogen and oxygen atoms in total. The highest BCUT2D eigenvalue weighted by Crippen LogP contribution is 2.46. The Balaban J connectivity index is 2.15. The van der Waals surface area contributed by atoms with Crippen molar-refractivity contribution in [2.45, 2.75) is 10.9 Å². The van der Waals surface area contributed by atoms with Gasteiger partial charge < -0.3 is 15.7 Å². The smallest absolute Gasteiger partial charge is 0.265 e. The Kier molecular flexibility index (Phi) is 2.45. The molecule has 2 unspecified atom stereocenters. The zero-order valence-corrected chi connectivity index (χ0v) is 10.8. The number of aliphatic hydroxyl groups is 1. The van der Waals surface area contributed by atoms with Crippen LogP contribution in [0, 0.1) is 0 Å². The molecule has 0 spiro atoms. The number of benzene rings is 1. The molecule has 2 aliphatic rings. The summed E-state index contributed by atoms with van der Waals surface area (Å²) < 4.78 is 0. The second-order valence-electron chi connectivity index (χ2n) is 4.43. The molecular formula is C12H11N3O3S. The van der Waals surface area contributed by atoms with Crippen LogP contribution in [-0.2, 0) is 15.2 Å². The number of anilines is 1. The van der Waals surface area contributed by atoms with E-state index in [1.54, 1.807) is 31.3 Å². The summed E-state index contributed by atoms with van der Waals surface area (Å²) in [5, 5.41) is 9.86. The van der Waals surface area contributed by atoms with Crippen LogP contribution in [0.2, 0.25) is 0 Å². The number of para-hydroxylation sites is 1. The van der Waals surface area contributed by atoms with Crippen molar-refractivity contribution >= 4 is 34.4 Å². The fourth-order valence-corrected chi connectivity index (χ4v) is 3.39. The van der Waals surface area contributed by atoms with Gasteiger partial charge in [-0.2, -0.15) is 4.99 Å². The Bertz CT molecular complexity index is 630. The van der Waals surface area contributed by atoms with Crippen LogP contribution in [0.15, 0.2) is 29.3 Å². The molecule has 1 aromatic rings. The fourth-order valence-electron chi connectivity index (χ4n) is 2.45. The summed E-state index contributed by atoms with van der Waals surface area (Å²) in [6, 6.07) is 6.84. The largest absolute Gasteiger partial charge is 0.378 e. The molecule has 2 amide bonds. The van der Waals surface area contributed by atoms with Crippen LogP contribution in [0.5, 0.6) is 0 Å². The van der Waals surface area contributed by atoms with Gasteiger partial charge in [0.2, 0.25) is 0 Å². The molecule has 0 aliphatic carbocycles. The lowest BCUT2D eigenvalue weighted by molar-refractivity contribution is -0.140. The van der Waals surface area contributed by atoms with E-state index in [0.717, 1.165) is 11.8 Å². The molecule has 3 rings (SSSR count). The van der Waals surface area contributed by atoms with E-state index in [-0.39, 0.29) is 5.17 Å². The van der Waals surface area contributed by atoms with Gasteiger partial charge in [0.1, 0.15) is 5.25 Å². The SMILES string of the molecule is CN1C(=O)C(O)(C2SC(N)=NC2=O)c2ccccc21. The summed E-state index contributed by atoms with van der Waals surface area (Å²) in [7, 11) is 1.56. The Hall–Kier alpha value is -1.86. The minimum atomic E-state index is -1.91. The number of nitrogens with two attached hydrogens (primary N) is 1. The number of rotatable bonds is 1.